The Morgan fingerprint density at radius 2 is 2.40 bits per heavy atom. The van der Waals surface area contributed by atoms with Gasteiger partial charge in [0.05, 0.1) is 29.1 Å². The number of nitriles is 1. The molecule has 2 rings (SSSR count). The van der Waals surface area contributed by atoms with Gasteiger partial charge < -0.3 is 15.8 Å². The molecule has 0 radical (unpaired) electrons. The van der Waals surface area contributed by atoms with E-state index in [1.807, 2.05) is 12.1 Å². The number of nitrogens with zero attached hydrogens (tertiary/aromatic N) is 1. The average molecular weight is 203 g/mol. The van der Waals surface area contributed by atoms with Crippen LogP contribution in [0, 0.1) is 11.3 Å². The first-order chi connectivity index (χ1) is 7.29. The zero-order chi connectivity index (χ0) is 10.7. The average Bonchev–Trinajstić information content (AvgIpc) is 2.18. The molecule has 3 N–H and O–H groups in total. The van der Waals surface area contributed by atoms with Gasteiger partial charge in [-0.05, 0) is 24.6 Å². The van der Waals surface area contributed by atoms with E-state index in [1.54, 1.807) is 12.1 Å². The maximum atomic E-state index is 8.67. The molecule has 1 aliphatic heterocycles. The van der Waals surface area contributed by atoms with E-state index in [9.17, 15) is 0 Å². The number of nitrogens with one attached hydrogen (secondary N) is 1. The molecule has 0 saturated carbocycles. The molecule has 1 heterocycles. The van der Waals surface area contributed by atoms with Crippen LogP contribution in [-0.2, 0) is 4.74 Å². The fourth-order valence-corrected chi connectivity index (χ4v) is 1.46. The topological polar surface area (TPSA) is 71.1 Å². The Morgan fingerprint density at radius 3 is 2.93 bits per heavy atom. The van der Waals surface area contributed by atoms with Gasteiger partial charge in [-0.2, -0.15) is 5.26 Å². The molecule has 1 aromatic rings. The van der Waals surface area contributed by atoms with Crippen LogP contribution in [0.2, 0.25) is 0 Å². The van der Waals surface area contributed by atoms with Crippen LogP contribution in [0.25, 0.3) is 0 Å². The third-order valence-electron chi connectivity index (χ3n) is 2.49. The lowest BCUT2D eigenvalue weighted by molar-refractivity contribution is -0.0410. The van der Waals surface area contributed by atoms with E-state index in [0.717, 1.165) is 25.3 Å². The van der Waals surface area contributed by atoms with Crippen LogP contribution in [0.4, 0.5) is 11.4 Å². The Kier molecular flexibility index (Phi) is 2.75. The number of nitrogen functional groups attached to an aromatic ring is 1. The lowest BCUT2D eigenvalue weighted by atomic mass is 10.1. The van der Waals surface area contributed by atoms with Crippen molar-refractivity contribution in [2.75, 3.05) is 24.2 Å². The van der Waals surface area contributed by atoms with Gasteiger partial charge in [0.2, 0.25) is 0 Å². The highest BCUT2D eigenvalue weighted by Gasteiger charge is 2.17. The SMILES string of the molecule is N#Cc1ccc(NC[C@@H]2CCO2)c(N)c1. The van der Waals surface area contributed by atoms with Crippen molar-refractivity contribution in [1.82, 2.24) is 0 Å². The van der Waals surface area contributed by atoms with E-state index in [0.29, 0.717) is 17.4 Å². The van der Waals surface area contributed by atoms with Gasteiger partial charge in [-0.25, -0.2) is 0 Å². The molecular weight excluding hydrogens is 190 g/mol. The van der Waals surface area contributed by atoms with Crippen molar-refractivity contribution < 1.29 is 4.74 Å². The number of nitrogens with two attached hydrogens (primary N) is 1. The minimum Gasteiger partial charge on any atom is -0.397 e. The zero-order valence-electron chi connectivity index (χ0n) is 8.36. The summed E-state index contributed by atoms with van der Waals surface area (Å²) in [4.78, 5) is 0. The Hall–Kier alpha value is -1.73. The standard InChI is InChI=1S/C11H13N3O/c12-6-8-1-2-11(10(13)5-8)14-7-9-3-4-15-9/h1-2,5,9,14H,3-4,7,13H2/t9-/m0/s1. The van der Waals surface area contributed by atoms with Crippen LogP contribution in [0.3, 0.4) is 0 Å². The summed E-state index contributed by atoms with van der Waals surface area (Å²) in [6.07, 6.45) is 1.41. The van der Waals surface area contributed by atoms with E-state index in [4.69, 9.17) is 15.7 Å². The molecule has 1 atom stereocenters. The number of anilines is 2. The van der Waals surface area contributed by atoms with E-state index in [-0.39, 0.29) is 0 Å². The molecule has 0 amide bonds. The third kappa shape index (κ3) is 2.20. The number of ether oxygens (including phenoxy) is 1. The molecule has 1 aromatic carbocycles. The maximum absolute atomic E-state index is 8.67. The van der Waals surface area contributed by atoms with Crippen molar-refractivity contribution in [3.05, 3.63) is 23.8 Å². The summed E-state index contributed by atoms with van der Waals surface area (Å²) in [5.41, 5.74) is 7.84. The fraction of sp³-hybridized carbons (Fsp3) is 0.364. The van der Waals surface area contributed by atoms with Crippen molar-refractivity contribution in [2.24, 2.45) is 0 Å². The number of rotatable bonds is 3. The Morgan fingerprint density at radius 1 is 1.60 bits per heavy atom. The first-order valence-corrected chi connectivity index (χ1v) is 4.94. The molecule has 1 aliphatic rings. The van der Waals surface area contributed by atoms with Crippen LogP contribution in [0.1, 0.15) is 12.0 Å². The molecular formula is C11H13N3O. The Balaban J connectivity index is 1.98. The normalized spacial score (nSPS) is 19.0. The number of hydrogen-bond donors (Lipinski definition) is 2. The molecule has 78 valence electrons. The van der Waals surface area contributed by atoms with E-state index < -0.39 is 0 Å². The summed E-state index contributed by atoms with van der Waals surface area (Å²) in [5.74, 6) is 0. The molecule has 0 aromatic heterocycles. The maximum Gasteiger partial charge on any atom is 0.0992 e. The van der Waals surface area contributed by atoms with Gasteiger partial charge in [0, 0.05) is 13.2 Å². The van der Waals surface area contributed by atoms with Crippen molar-refractivity contribution in [2.45, 2.75) is 12.5 Å². The molecule has 4 nitrogen and oxygen atoms in total. The van der Waals surface area contributed by atoms with Crippen molar-refractivity contribution >= 4 is 11.4 Å². The first-order valence-electron chi connectivity index (χ1n) is 4.94. The van der Waals surface area contributed by atoms with Crippen molar-refractivity contribution in [1.29, 1.82) is 5.26 Å². The summed E-state index contributed by atoms with van der Waals surface area (Å²) in [6, 6.07) is 7.30. The number of benzene rings is 1. The Bertz CT molecular complexity index is 393. The van der Waals surface area contributed by atoms with Crippen molar-refractivity contribution in [3.63, 3.8) is 0 Å². The quantitative estimate of drug-likeness (QED) is 0.727. The van der Waals surface area contributed by atoms with Gasteiger partial charge >= 0.3 is 0 Å². The minimum absolute atomic E-state index is 0.306. The lowest BCUT2D eigenvalue weighted by Crippen LogP contribution is -2.33. The summed E-state index contributed by atoms with van der Waals surface area (Å²) < 4.78 is 5.28. The molecule has 1 fully saturated rings. The molecule has 0 bridgehead atoms. The second-order valence-electron chi connectivity index (χ2n) is 3.58. The second kappa shape index (κ2) is 4.20. The van der Waals surface area contributed by atoms with Gasteiger partial charge in [0.25, 0.3) is 0 Å². The van der Waals surface area contributed by atoms with E-state index >= 15 is 0 Å². The third-order valence-corrected chi connectivity index (χ3v) is 2.49. The van der Waals surface area contributed by atoms with Crippen LogP contribution in [0.5, 0.6) is 0 Å². The van der Waals surface area contributed by atoms with Gasteiger partial charge in [-0.15, -0.1) is 0 Å². The monoisotopic (exact) mass is 203 g/mol. The minimum atomic E-state index is 0.306. The van der Waals surface area contributed by atoms with E-state index in [2.05, 4.69) is 5.32 Å². The lowest BCUT2D eigenvalue weighted by Gasteiger charge is -2.27. The van der Waals surface area contributed by atoms with Gasteiger partial charge in [0.1, 0.15) is 0 Å². The van der Waals surface area contributed by atoms with Crippen LogP contribution in [-0.4, -0.2) is 19.3 Å². The predicted molar refractivity (Wildman–Crippen MR) is 58.4 cm³/mol. The highest BCUT2D eigenvalue weighted by atomic mass is 16.5. The van der Waals surface area contributed by atoms with Crippen molar-refractivity contribution in [3.8, 4) is 6.07 Å². The molecule has 0 spiro atoms. The van der Waals surface area contributed by atoms with Crippen LogP contribution in [0.15, 0.2) is 18.2 Å². The molecule has 0 aliphatic carbocycles. The van der Waals surface area contributed by atoms with Crippen LogP contribution >= 0.6 is 0 Å². The largest absolute Gasteiger partial charge is 0.397 e. The zero-order valence-corrected chi connectivity index (χ0v) is 8.36. The van der Waals surface area contributed by atoms with E-state index in [1.165, 1.54) is 0 Å². The smallest absolute Gasteiger partial charge is 0.0992 e. The molecule has 15 heavy (non-hydrogen) atoms. The second-order valence-corrected chi connectivity index (χ2v) is 3.58. The summed E-state index contributed by atoms with van der Waals surface area (Å²) in [7, 11) is 0. The van der Waals surface area contributed by atoms with Gasteiger partial charge in [-0.1, -0.05) is 0 Å². The first kappa shape index (κ1) is 9.81. The highest BCUT2D eigenvalue weighted by molar-refractivity contribution is 5.68. The van der Waals surface area contributed by atoms with Crippen LogP contribution < -0.4 is 11.1 Å². The molecule has 4 heteroatoms. The number of hydrogen-bond acceptors (Lipinski definition) is 4. The summed E-state index contributed by atoms with van der Waals surface area (Å²) >= 11 is 0. The molecule has 0 unspecified atom stereocenters. The highest BCUT2D eigenvalue weighted by Crippen LogP contribution is 2.20. The summed E-state index contributed by atoms with van der Waals surface area (Å²) in [5, 5.41) is 11.9. The fourth-order valence-electron chi connectivity index (χ4n) is 1.46. The summed E-state index contributed by atoms with van der Waals surface area (Å²) in [6.45, 7) is 1.63. The Labute approximate surface area is 88.6 Å². The molecule has 1 saturated heterocycles. The predicted octanol–water partition coefficient (Wildman–Crippen LogP) is 1.34. The van der Waals surface area contributed by atoms with Gasteiger partial charge in [-0.3, -0.25) is 0 Å². The van der Waals surface area contributed by atoms with Gasteiger partial charge in [0.15, 0.2) is 0 Å².